The summed E-state index contributed by atoms with van der Waals surface area (Å²) in [4.78, 5) is 29.2. The minimum atomic E-state index is -0.0402. The average molecular weight is 367 g/mol. The molecular weight excluding hydrogens is 342 g/mol. The largest absolute Gasteiger partial charge is 0.469 e. The minimum absolute atomic E-state index is 0.0356. The van der Waals surface area contributed by atoms with E-state index in [9.17, 15) is 9.59 Å². The highest BCUT2D eigenvalue weighted by molar-refractivity contribution is 5.96. The molecule has 6 nitrogen and oxygen atoms in total. The van der Waals surface area contributed by atoms with E-state index in [1.807, 2.05) is 42.2 Å². The molecule has 2 aliphatic heterocycles. The highest BCUT2D eigenvalue weighted by Crippen LogP contribution is 2.43. The minimum Gasteiger partial charge on any atom is -0.469 e. The molecule has 0 aliphatic carbocycles. The first-order valence-corrected chi connectivity index (χ1v) is 9.34. The van der Waals surface area contributed by atoms with Crippen LogP contribution in [0.5, 0.6) is 0 Å². The third kappa shape index (κ3) is 3.25. The van der Waals surface area contributed by atoms with E-state index in [4.69, 9.17) is 4.42 Å². The molecule has 2 saturated heterocycles. The van der Waals surface area contributed by atoms with Crippen molar-refractivity contribution < 1.29 is 14.0 Å². The number of amides is 2. The fraction of sp³-hybridized carbons (Fsp3) is 0.429. The van der Waals surface area contributed by atoms with Crippen molar-refractivity contribution in [2.45, 2.75) is 6.92 Å². The second-order valence-electron chi connectivity index (χ2n) is 7.88. The van der Waals surface area contributed by atoms with Gasteiger partial charge in [-0.05, 0) is 38.1 Å². The Labute approximate surface area is 159 Å². The SMILES string of the molecule is Cc1occc1C(=O)N1CC2(CN(C)CC2CNC(=O)c2ccccc2)C1. The van der Waals surface area contributed by atoms with Crippen LogP contribution in [-0.4, -0.2) is 61.4 Å². The van der Waals surface area contributed by atoms with Crippen LogP contribution >= 0.6 is 0 Å². The van der Waals surface area contributed by atoms with Crippen molar-refractivity contribution >= 4 is 11.8 Å². The molecule has 2 amide bonds. The van der Waals surface area contributed by atoms with E-state index in [2.05, 4.69) is 17.3 Å². The van der Waals surface area contributed by atoms with E-state index in [0.717, 1.165) is 26.2 Å². The number of nitrogens with one attached hydrogen (secondary N) is 1. The van der Waals surface area contributed by atoms with Gasteiger partial charge in [-0.1, -0.05) is 18.2 Å². The maximum absolute atomic E-state index is 12.7. The van der Waals surface area contributed by atoms with Gasteiger partial charge in [0.1, 0.15) is 5.76 Å². The van der Waals surface area contributed by atoms with Crippen molar-refractivity contribution in [3.05, 3.63) is 59.5 Å². The molecule has 1 N–H and O–H groups in total. The highest BCUT2D eigenvalue weighted by Gasteiger charge is 2.54. The second-order valence-corrected chi connectivity index (χ2v) is 7.88. The summed E-state index contributed by atoms with van der Waals surface area (Å²) >= 11 is 0. The standard InChI is InChI=1S/C21H25N3O3/c1-15-18(8-9-27-15)20(26)24-13-21(14-24)12-23(2)11-17(21)10-22-19(25)16-6-4-3-5-7-16/h3-9,17H,10-14H2,1-2H3,(H,22,25). The Balaban J connectivity index is 1.39. The van der Waals surface area contributed by atoms with Gasteiger partial charge >= 0.3 is 0 Å². The number of carbonyl (C=O) groups is 2. The third-order valence-corrected chi connectivity index (χ3v) is 5.92. The number of furan rings is 1. The van der Waals surface area contributed by atoms with E-state index < -0.39 is 0 Å². The molecule has 142 valence electrons. The molecule has 0 radical (unpaired) electrons. The summed E-state index contributed by atoms with van der Waals surface area (Å²) in [5.41, 5.74) is 1.38. The summed E-state index contributed by atoms with van der Waals surface area (Å²) in [7, 11) is 2.10. The molecule has 27 heavy (non-hydrogen) atoms. The van der Waals surface area contributed by atoms with Gasteiger partial charge < -0.3 is 19.5 Å². The first-order valence-electron chi connectivity index (χ1n) is 9.34. The molecule has 1 spiro atoms. The summed E-state index contributed by atoms with van der Waals surface area (Å²) in [5.74, 6) is 0.996. The maximum Gasteiger partial charge on any atom is 0.257 e. The highest BCUT2D eigenvalue weighted by atomic mass is 16.3. The smallest absolute Gasteiger partial charge is 0.257 e. The van der Waals surface area contributed by atoms with Crippen molar-refractivity contribution in [1.82, 2.24) is 15.1 Å². The Morgan fingerprint density at radius 1 is 1.19 bits per heavy atom. The van der Waals surface area contributed by atoms with Crippen LogP contribution in [0.15, 0.2) is 47.1 Å². The van der Waals surface area contributed by atoms with Crippen LogP contribution in [0.2, 0.25) is 0 Å². The Morgan fingerprint density at radius 3 is 2.59 bits per heavy atom. The molecule has 0 saturated carbocycles. The lowest BCUT2D eigenvalue weighted by Gasteiger charge is -2.51. The van der Waals surface area contributed by atoms with E-state index in [-0.39, 0.29) is 17.2 Å². The first kappa shape index (κ1) is 17.8. The van der Waals surface area contributed by atoms with Gasteiger partial charge in [-0.3, -0.25) is 9.59 Å². The lowest BCUT2D eigenvalue weighted by Crippen LogP contribution is -2.63. The number of likely N-dealkylation sites (tertiary alicyclic amines) is 2. The van der Waals surface area contributed by atoms with Gasteiger partial charge in [0.15, 0.2) is 0 Å². The fourth-order valence-electron chi connectivity index (χ4n) is 4.48. The van der Waals surface area contributed by atoms with Gasteiger partial charge in [-0.15, -0.1) is 0 Å². The van der Waals surface area contributed by atoms with Crippen LogP contribution < -0.4 is 5.32 Å². The number of hydrogen-bond acceptors (Lipinski definition) is 4. The summed E-state index contributed by atoms with van der Waals surface area (Å²) in [6.07, 6.45) is 1.56. The van der Waals surface area contributed by atoms with Crippen molar-refractivity contribution in [1.29, 1.82) is 0 Å². The van der Waals surface area contributed by atoms with Crippen LogP contribution in [0.4, 0.5) is 0 Å². The molecule has 1 unspecified atom stereocenters. The summed E-state index contributed by atoms with van der Waals surface area (Å²) in [6, 6.07) is 11.0. The zero-order valence-corrected chi connectivity index (χ0v) is 15.8. The Hall–Kier alpha value is -2.60. The number of benzene rings is 1. The molecule has 1 atom stereocenters. The van der Waals surface area contributed by atoms with Gasteiger partial charge in [-0.25, -0.2) is 0 Å². The van der Waals surface area contributed by atoms with E-state index in [1.165, 1.54) is 0 Å². The number of nitrogens with zero attached hydrogens (tertiary/aromatic N) is 2. The number of carbonyl (C=O) groups excluding carboxylic acids is 2. The van der Waals surface area contributed by atoms with E-state index in [0.29, 0.717) is 29.3 Å². The molecule has 1 aromatic carbocycles. The van der Waals surface area contributed by atoms with Gasteiger partial charge in [0.25, 0.3) is 11.8 Å². The molecule has 2 fully saturated rings. The molecule has 6 heteroatoms. The summed E-state index contributed by atoms with van der Waals surface area (Å²) < 4.78 is 5.26. The molecule has 2 aliphatic rings. The maximum atomic E-state index is 12.7. The lowest BCUT2D eigenvalue weighted by molar-refractivity contribution is -0.00967. The number of rotatable bonds is 4. The van der Waals surface area contributed by atoms with Gasteiger partial charge in [0, 0.05) is 43.7 Å². The van der Waals surface area contributed by atoms with Crippen LogP contribution in [-0.2, 0) is 0 Å². The topological polar surface area (TPSA) is 65.8 Å². The fourth-order valence-corrected chi connectivity index (χ4v) is 4.48. The predicted molar refractivity (Wildman–Crippen MR) is 102 cm³/mol. The average Bonchev–Trinajstić information content (AvgIpc) is 3.21. The molecular formula is C21H25N3O3. The van der Waals surface area contributed by atoms with Crippen LogP contribution in [0.25, 0.3) is 0 Å². The van der Waals surface area contributed by atoms with E-state index >= 15 is 0 Å². The number of hydrogen-bond donors (Lipinski definition) is 1. The Kier molecular flexibility index (Phi) is 4.52. The van der Waals surface area contributed by atoms with Crippen molar-refractivity contribution in [2.75, 3.05) is 39.8 Å². The Bertz CT molecular complexity index is 839. The summed E-state index contributed by atoms with van der Waals surface area (Å²) in [6.45, 7) is 5.78. The van der Waals surface area contributed by atoms with Crippen LogP contribution in [0.1, 0.15) is 26.5 Å². The molecule has 4 rings (SSSR count). The van der Waals surface area contributed by atoms with Crippen molar-refractivity contribution in [3.8, 4) is 0 Å². The Morgan fingerprint density at radius 2 is 1.93 bits per heavy atom. The normalized spacial score (nSPS) is 21.3. The van der Waals surface area contributed by atoms with Crippen molar-refractivity contribution in [3.63, 3.8) is 0 Å². The van der Waals surface area contributed by atoms with Gasteiger partial charge in [-0.2, -0.15) is 0 Å². The van der Waals surface area contributed by atoms with Gasteiger partial charge in [0.05, 0.1) is 11.8 Å². The van der Waals surface area contributed by atoms with Crippen LogP contribution in [0.3, 0.4) is 0 Å². The predicted octanol–water partition coefficient (Wildman–Crippen LogP) is 2.02. The molecule has 1 aromatic heterocycles. The molecule has 3 heterocycles. The quantitative estimate of drug-likeness (QED) is 0.898. The zero-order chi connectivity index (χ0) is 19.0. The first-order chi connectivity index (χ1) is 13.0. The zero-order valence-electron chi connectivity index (χ0n) is 15.8. The third-order valence-electron chi connectivity index (χ3n) is 5.92. The molecule has 2 aromatic rings. The van der Waals surface area contributed by atoms with Crippen LogP contribution in [0, 0.1) is 18.3 Å². The van der Waals surface area contributed by atoms with Gasteiger partial charge in [0.2, 0.25) is 0 Å². The molecule has 0 bridgehead atoms. The lowest BCUT2D eigenvalue weighted by atomic mass is 9.71. The monoisotopic (exact) mass is 367 g/mol. The van der Waals surface area contributed by atoms with E-state index in [1.54, 1.807) is 12.3 Å². The number of aryl methyl sites for hydroxylation is 1. The summed E-state index contributed by atoms with van der Waals surface area (Å²) in [5, 5.41) is 3.08. The van der Waals surface area contributed by atoms with Crippen molar-refractivity contribution in [2.24, 2.45) is 11.3 Å². The second kappa shape index (κ2) is 6.85.